The molecule has 4 nitrogen and oxygen atoms in total. The van der Waals surface area contributed by atoms with Crippen LogP contribution < -0.4 is 5.32 Å². The third kappa shape index (κ3) is 5.05. The molecule has 0 radical (unpaired) electrons. The maximum Gasteiger partial charge on any atom is 0.411 e. The molecule has 0 saturated carbocycles. The third-order valence-electron chi connectivity index (χ3n) is 1.99. The molecule has 0 aliphatic rings. The Hall–Kier alpha value is -1.76. The van der Waals surface area contributed by atoms with Crippen molar-refractivity contribution in [3.8, 4) is 0 Å². The average molecular weight is 263 g/mol. The molecule has 1 rings (SSSR count). The van der Waals surface area contributed by atoms with Crippen LogP contribution in [0.1, 0.15) is 10.4 Å². The summed E-state index contributed by atoms with van der Waals surface area (Å²) in [6.07, 6.45) is -4.35. The molecule has 0 bridgehead atoms. The van der Waals surface area contributed by atoms with Crippen LogP contribution in [-0.4, -0.2) is 37.0 Å². The number of alkyl halides is 3. The van der Waals surface area contributed by atoms with E-state index in [-0.39, 0.29) is 18.7 Å². The molecule has 1 aromatic rings. The highest BCUT2D eigenvalue weighted by molar-refractivity contribution is 5.94. The van der Waals surface area contributed by atoms with Gasteiger partial charge in [-0.3, -0.25) is 0 Å². The van der Waals surface area contributed by atoms with E-state index in [2.05, 4.69) is 10.1 Å². The minimum absolute atomic E-state index is 0.0633. The molecule has 0 fully saturated rings. The smallest absolute Gasteiger partial charge is 0.411 e. The van der Waals surface area contributed by atoms with Crippen molar-refractivity contribution in [2.24, 2.45) is 0 Å². The van der Waals surface area contributed by atoms with Crippen molar-refractivity contribution in [2.45, 2.75) is 6.18 Å². The monoisotopic (exact) mass is 263 g/mol. The Morgan fingerprint density at radius 3 is 2.61 bits per heavy atom. The summed E-state index contributed by atoms with van der Waals surface area (Å²) >= 11 is 0. The van der Waals surface area contributed by atoms with Gasteiger partial charge in [0.05, 0.1) is 12.2 Å². The van der Waals surface area contributed by atoms with Gasteiger partial charge in [0.2, 0.25) is 0 Å². The number of halogens is 3. The highest BCUT2D eigenvalue weighted by atomic mass is 19.4. The summed E-state index contributed by atoms with van der Waals surface area (Å²) in [5.41, 5.74) is 0.411. The van der Waals surface area contributed by atoms with Gasteiger partial charge in [0.25, 0.3) is 0 Å². The molecule has 0 aliphatic carbocycles. The van der Waals surface area contributed by atoms with Gasteiger partial charge in [-0.2, -0.15) is 13.2 Å². The average Bonchev–Trinajstić information content (AvgIpc) is 2.27. The van der Waals surface area contributed by atoms with E-state index in [1.807, 2.05) is 0 Å². The fourth-order valence-electron chi connectivity index (χ4n) is 1.27. The fraction of sp³-hybridized carbons (Fsp3) is 0.364. The van der Waals surface area contributed by atoms with Crippen molar-refractivity contribution >= 4 is 11.7 Å². The van der Waals surface area contributed by atoms with E-state index in [0.717, 1.165) is 0 Å². The second-order valence-electron chi connectivity index (χ2n) is 3.45. The van der Waals surface area contributed by atoms with Gasteiger partial charge in [0.1, 0.15) is 6.61 Å². The van der Waals surface area contributed by atoms with Crippen LogP contribution in [-0.2, 0) is 4.74 Å². The molecule has 0 atom stereocenters. The molecule has 18 heavy (non-hydrogen) atoms. The molecule has 100 valence electrons. The first kappa shape index (κ1) is 14.3. The number of hydrogen-bond acceptors (Lipinski definition) is 3. The number of ether oxygens (including phenoxy) is 1. The van der Waals surface area contributed by atoms with Crippen LogP contribution in [0.4, 0.5) is 18.9 Å². The van der Waals surface area contributed by atoms with Crippen LogP contribution in [0.5, 0.6) is 0 Å². The molecule has 0 aliphatic heterocycles. The molecule has 0 unspecified atom stereocenters. The number of benzene rings is 1. The van der Waals surface area contributed by atoms with E-state index >= 15 is 0 Å². The lowest BCUT2D eigenvalue weighted by molar-refractivity contribution is -0.172. The summed E-state index contributed by atoms with van der Waals surface area (Å²) in [6.45, 7) is -1.37. The predicted molar refractivity (Wildman–Crippen MR) is 58.8 cm³/mol. The SMILES string of the molecule is O=C(O)c1ccccc1NCCOCC(F)(F)F. The van der Waals surface area contributed by atoms with Crippen molar-refractivity contribution in [2.75, 3.05) is 25.1 Å². The number of carbonyl (C=O) groups is 1. The topological polar surface area (TPSA) is 58.6 Å². The van der Waals surface area contributed by atoms with Gasteiger partial charge in [-0.25, -0.2) is 4.79 Å². The minimum atomic E-state index is -4.35. The lowest BCUT2D eigenvalue weighted by atomic mass is 10.2. The summed E-state index contributed by atoms with van der Waals surface area (Å²) in [5, 5.41) is 11.6. The Balaban J connectivity index is 2.38. The van der Waals surface area contributed by atoms with Crippen LogP contribution >= 0.6 is 0 Å². The first-order valence-corrected chi connectivity index (χ1v) is 5.11. The number of anilines is 1. The number of carboxylic acids is 1. The summed E-state index contributed by atoms with van der Waals surface area (Å²) < 4.78 is 39.6. The minimum Gasteiger partial charge on any atom is -0.478 e. The Morgan fingerprint density at radius 2 is 2.00 bits per heavy atom. The zero-order chi connectivity index (χ0) is 13.6. The van der Waals surface area contributed by atoms with Crippen LogP contribution in [0.15, 0.2) is 24.3 Å². The van der Waals surface area contributed by atoms with E-state index < -0.39 is 18.8 Å². The summed E-state index contributed by atoms with van der Waals surface area (Å²) in [4.78, 5) is 10.8. The van der Waals surface area contributed by atoms with Crippen LogP contribution in [0.25, 0.3) is 0 Å². The molecule has 0 amide bonds. The predicted octanol–water partition coefficient (Wildman–Crippen LogP) is 2.38. The lowest BCUT2D eigenvalue weighted by Gasteiger charge is -2.10. The highest BCUT2D eigenvalue weighted by Crippen LogP contribution is 2.15. The van der Waals surface area contributed by atoms with E-state index in [1.54, 1.807) is 12.1 Å². The zero-order valence-corrected chi connectivity index (χ0v) is 9.33. The van der Waals surface area contributed by atoms with E-state index in [9.17, 15) is 18.0 Å². The Labute approximate surface area is 101 Å². The number of carboxylic acid groups (broad SMARTS) is 1. The van der Waals surface area contributed by atoms with Gasteiger partial charge in [-0.1, -0.05) is 12.1 Å². The van der Waals surface area contributed by atoms with Crippen molar-refractivity contribution < 1.29 is 27.8 Å². The molecule has 2 N–H and O–H groups in total. The zero-order valence-electron chi connectivity index (χ0n) is 9.33. The number of rotatable bonds is 6. The van der Waals surface area contributed by atoms with Crippen molar-refractivity contribution in [1.29, 1.82) is 0 Å². The van der Waals surface area contributed by atoms with Crippen molar-refractivity contribution in [3.05, 3.63) is 29.8 Å². The first-order valence-electron chi connectivity index (χ1n) is 5.11. The number of aromatic carboxylic acids is 1. The molecular formula is C11H12F3NO3. The quantitative estimate of drug-likeness (QED) is 0.774. The molecule has 0 heterocycles. The number of para-hydroxylation sites is 1. The van der Waals surface area contributed by atoms with Gasteiger partial charge in [-0.05, 0) is 12.1 Å². The van der Waals surface area contributed by atoms with Crippen LogP contribution in [0.3, 0.4) is 0 Å². The highest BCUT2D eigenvalue weighted by Gasteiger charge is 2.27. The summed E-state index contributed by atoms with van der Waals surface area (Å²) in [7, 11) is 0. The first-order chi connectivity index (χ1) is 8.40. The van der Waals surface area contributed by atoms with Gasteiger partial charge in [-0.15, -0.1) is 0 Å². The Bertz CT molecular complexity index is 407. The van der Waals surface area contributed by atoms with Crippen molar-refractivity contribution in [3.63, 3.8) is 0 Å². The van der Waals surface area contributed by atoms with E-state index in [4.69, 9.17) is 5.11 Å². The molecule has 0 spiro atoms. The fourth-order valence-corrected chi connectivity index (χ4v) is 1.27. The van der Waals surface area contributed by atoms with Gasteiger partial charge in [0, 0.05) is 12.2 Å². The Kier molecular flexibility index (Phi) is 4.96. The molecule has 1 aromatic carbocycles. The van der Waals surface area contributed by atoms with Gasteiger partial charge in [0.15, 0.2) is 0 Å². The largest absolute Gasteiger partial charge is 0.478 e. The third-order valence-corrected chi connectivity index (χ3v) is 1.99. The molecular weight excluding hydrogens is 251 g/mol. The standard InChI is InChI=1S/C11H12F3NO3/c12-11(13,14)7-18-6-5-15-9-4-2-1-3-8(9)10(16)17/h1-4,15H,5-7H2,(H,16,17). The molecule has 0 aromatic heterocycles. The second-order valence-corrected chi connectivity index (χ2v) is 3.45. The maximum atomic E-state index is 11.8. The molecule has 0 saturated heterocycles. The maximum absolute atomic E-state index is 11.8. The lowest BCUT2D eigenvalue weighted by Crippen LogP contribution is -2.20. The van der Waals surface area contributed by atoms with Crippen LogP contribution in [0.2, 0.25) is 0 Å². The second kappa shape index (κ2) is 6.25. The van der Waals surface area contributed by atoms with Gasteiger partial charge >= 0.3 is 12.1 Å². The Morgan fingerprint density at radius 1 is 1.33 bits per heavy atom. The van der Waals surface area contributed by atoms with Crippen LogP contribution in [0, 0.1) is 0 Å². The molecule has 7 heteroatoms. The summed E-state index contributed by atoms with van der Waals surface area (Å²) in [5.74, 6) is -1.10. The number of hydrogen-bond donors (Lipinski definition) is 2. The normalized spacial score (nSPS) is 11.3. The van der Waals surface area contributed by atoms with Crippen molar-refractivity contribution in [1.82, 2.24) is 0 Å². The van der Waals surface area contributed by atoms with Gasteiger partial charge < -0.3 is 15.2 Å². The van der Waals surface area contributed by atoms with E-state index in [1.165, 1.54) is 12.1 Å². The number of nitrogens with one attached hydrogen (secondary N) is 1. The van der Waals surface area contributed by atoms with E-state index in [0.29, 0.717) is 5.69 Å². The summed E-state index contributed by atoms with van der Waals surface area (Å²) in [6, 6.07) is 6.13.